The highest BCUT2D eigenvalue weighted by Crippen LogP contribution is 2.25. The summed E-state index contributed by atoms with van der Waals surface area (Å²) in [6.07, 6.45) is 0.693. The number of halogens is 1. The van der Waals surface area contributed by atoms with Gasteiger partial charge in [-0.25, -0.2) is 4.98 Å². The number of aryl methyl sites for hydroxylation is 1. The number of hydrogen-bond donors (Lipinski definition) is 1. The summed E-state index contributed by atoms with van der Waals surface area (Å²) in [5.74, 6) is 1.50. The second-order valence-electron chi connectivity index (χ2n) is 3.55. The quantitative estimate of drug-likeness (QED) is 0.892. The van der Waals surface area contributed by atoms with Gasteiger partial charge in [-0.1, -0.05) is 23.7 Å². The molecule has 0 spiro atoms. The van der Waals surface area contributed by atoms with Crippen LogP contribution in [0.3, 0.4) is 0 Å². The Kier molecular flexibility index (Phi) is 3.27. The van der Waals surface area contributed by atoms with Crippen molar-refractivity contribution < 1.29 is 4.42 Å². The number of rotatable bonds is 3. The van der Waals surface area contributed by atoms with Gasteiger partial charge in [-0.15, -0.1) is 0 Å². The molecular formula is C12H13ClN2O. The van der Waals surface area contributed by atoms with Crippen LogP contribution < -0.4 is 5.73 Å². The fraction of sp³-hybridized carbons (Fsp3) is 0.250. The van der Waals surface area contributed by atoms with E-state index >= 15 is 0 Å². The van der Waals surface area contributed by atoms with Crippen molar-refractivity contribution in [3.8, 4) is 11.3 Å². The van der Waals surface area contributed by atoms with Crippen molar-refractivity contribution in [2.45, 2.75) is 13.3 Å². The van der Waals surface area contributed by atoms with E-state index < -0.39 is 0 Å². The van der Waals surface area contributed by atoms with Gasteiger partial charge in [0, 0.05) is 23.9 Å². The summed E-state index contributed by atoms with van der Waals surface area (Å²) in [6, 6.07) is 7.54. The minimum Gasteiger partial charge on any atom is -0.445 e. The van der Waals surface area contributed by atoms with Gasteiger partial charge in [0.05, 0.1) is 0 Å². The minimum atomic E-state index is 0.551. The second-order valence-corrected chi connectivity index (χ2v) is 3.99. The van der Waals surface area contributed by atoms with E-state index in [1.807, 2.05) is 31.2 Å². The zero-order valence-electron chi connectivity index (χ0n) is 9.03. The average Bonchev–Trinajstić information content (AvgIpc) is 2.61. The van der Waals surface area contributed by atoms with Crippen molar-refractivity contribution >= 4 is 11.6 Å². The van der Waals surface area contributed by atoms with Crippen molar-refractivity contribution in [1.82, 2.24) is 4.98 Å². The molecule has 0 aliphatic heterocycles. The van der Waals surface area contributed by atoms with Crippen LogP contribution in [0.2, 0.25) is 5.02 Å². The summed E-state index contributed by atoms with van der Waals surface area (Å²) in [5.41, 5.74) is 7.40. The Morgan fingerprint density at radius 1 is 1.31 bits per heavy atom. The van der Waals surface area contributed by atoms with Crippen LogP contribution >= 0.6 is 11.6 Å². The molecule has 2 N–H and O–H groups in total. The fourth-order valence-corrected chi connectivity index (χ4v) is 1.73. The van der Waals surface area contributed by atoms with E-state index in [9.17, 15) is 0 Å². The third-order valence-corrected chi connectivity index (χ3v) is 2.55. The standard InChI is InChI=1S/C12H13ClN2O/c1-8-15-12(11(16-8)6-7-14)9-2-4-10(13)5-3-9/h2-5H,6-7,14H2,1H3. The van der Waals surface area contributed by atoms with Gasteiger partial charge in [0.2, 0.25) is 0 Å². The molecule has 1 heterocycles. The smallest absolute Gasteiger partial charge is 0.191 e. The van der Waals surface area contributed by atoms with Gasteiger partial charge in [-0.3, -0.25) is 0 Å². The molecule has 0 unspecified atom stereocenters. The Hall–Kier alpha value is -1.32. The normalized spacial score (nSPS) is 10.7. The lowest BCUT2D eigenvalue weighted by atomic mass is 10.1. The second kappa shape index (κ2) is 4.68. The lowest BCUT2D eigenvalue weighted by Crippen LogP contribution is -2.02. The van der Waals surface area contributed by atoms with E-state index in [1.54, 1.807) is 0 Å². The molecule has 1 aromatic heterocycles. The number of oxazole rings is 1. The Bertz CT molecular complexity index is 476. The molecule has 4 heteroatoms. The molecule has 0 saturated carbocycles. The number of nitrogens with zero attached hydrogens (tertiary/aromatic N) is 1. The predicted octanol–water partition coefficient (Wildman–Crippen LogP) is 2.80. The van der Waals surface area contributed by atoms with E-state index in [4.69, 9.17) is 21.8 Å². The molecule has 0 aliphatic carbocycles. The Labute approximate surface area is 99.2 Å². The number of hydrogen-bond acceptors (Lipinski definition) is 3. The molecule has 0 fully saturated rings. The van der Waals surface area contributed by atoms with Crippen molar-refractivity contribution in [2.75, 3.05) is 6.54 Å². The summed E-state index contributed by atoms with van der Waals surface area (Å²) in [7, 11) is 0. The van der Waals surface area contributed by atoms with Crippen LogP contribution in [-0.2, 0) is 6.42 Å². The first kappa shape index (κ1) is 11.2. The molecular weight excluding hydrogens is 224 g/mol. The van der Waals surface area contributed by atoms with Gasteiger partial charge in [-0.05, 0) is 18.7 Å². The maximum Gasteiger partial charge on any atom is 0.191 e. The summed E-state index contributed by atoms with van der Waals surface area (Å²) in [6.45, 7) is 2.38. The molecule has 2 aromatic rings. The Balaban J connectivity index is 2.42. The first-order valence-corrected chi connectivity index (χ1v) is 5.51. The van der Waals surface area contributed by atoms with Gasteiger partial charge >= 0.3 is 0 Å². The van der Waals surface area contributed by atoms with Crippen molar-refractivity contribution in [3.63, 3.8) is 0 Å². The monoisotopic (exact) mass is 236 g/mol. The van der Waals surface area contributed by atoms with Gasteiger partial charge in [0.25, 0.3) is 0 Å². The maximum absolute atomic E-state index is 5.84. The third kappa shape index (κ3) is 2.26. The zero-order chi connectivity index (χ0) is 11.5. The van der Waals surface area contributed by atoms with Crippen LogP contribution in [0.25, 0.3) is 11.3 Å². The van der Waals surface area contributed by atoms with Gasteiger partial charge in [0.15, 0.2) is 5.89 Å². The van der Waals surface area contributed by atoms with Crippen molar-refractivity contribution in [3.05, 3.63) is 40.9 Å². The van der Waals surface area contributed by atoms with Gasteiger partial charge in [0.1, 0.15) is 11.5 Å². The van der Waals surface area contributed by atoms with Crippen molar-refractivity contribution in [1.29, 1.82) is 0 Å². The van der Waals surface area contributed by atoms with Crippen LogP contribution in [0.5, 0.6) is 0 Å². The maximum atomic E-state index is 5.84. The molecule has 0 bridgehead atoms. The van der Waals surface area contributed by atoms with Crippen LogP contribution in [0.15, 0.2) is 28.7 Å². The summed E-state index contributed by atoms with van der Waals surface area (Å²) in [5, 5.41) is 0.712. The average molecular weight is 237 g/mol. The van der Waals surface area contributed by atoms with E-state index in [2.05, 4.69) is 4.98 Å². The van der Waals surface area contributed by atoms with Crippen LogP contribution in [0.1, 0.15) is 11.7 Å². The van der Waals surface area contributed by atoms with Crippen molar-refractivity contribution in [2.24, 2.45) is 5.73 Å². The Morgan fingerprint density at radius 3 is 2.62 bits per heavy atom. The molecule has 0 amide bonds. The third-order valence-electron chi connectivity index (χ3n) is 2.29. The number of nitrogens with two attached hydrogens (primary N) is 1. The predicted molar refractivity (Wildman–Crippen MR) is 64.4 cm³/mol. The highest BCUT2D eigenvalue weighted by Gasteiger charge is 2.11. The van der Waals surface area contributed by atoms with Gasteiger partial charge in [-0.2, -0.15) is 0 Å². The molecule has 84 valence electrons. The molecule has 0 radical (unpaired) electrons. The van der Waals surface area contributed by atoms with E-state index in [0.717, 1.165) is 17.0 Å². The lowest BCUT2D eigenvalue weighted by molar-refractivity contribution is 0.476. The van der Waals surface area contributed by atoms with Crippen LogP contribution in [0.4, 0.5) is 0 Å². The SMILES string of the molecule is Cc1nc(-c2ccc(Cl)cc2)c(CCN)o1. The first-order valence-electron chi connectivity index (χ1n) is 5.13. The van der Waals surface area contributed by atoms with Crippen LogP contribution in [0, 0.1) is 6.92 Å². The molecule has 3 nitrogen and oxygen atoms in total. The number of benzene rings is 1. The van der Waals surface area contributed by atoms with E-state index in [-0.39, 0.29) is 0 Å². The topological polar surface area (TPSA) is 52.0 Å². The highest BCUT2D eigenvalue weighted by molar-refractivity contribution is 6.30. The lowest BCUT2D eigenvalue weighted by Gasteiger charge is -1.99. The van der Waals surface area contributed by atoms with E-state index in [0.29, 0.717) is 23.9 Å². The fourth-order valence-electron chi connectivity index (χ4n) is 1.60. The molecule has 1 aromatic carbocycles. The highest BCUT2D eigenvalue weighted by atomic mass is 35.5. The molecule has 0 atom stereocenters. The largest absolute Gasteiger partial charge is 0.445 e. The number of aromatic nitrogens is 1. The Morgan fingerprint density at radius 2 is 2.00 bits per heavy atom. The summed E-state index contributed by atoms with van der Waals surface area (Å²) in [4.78, 5) is 4.36. The van der Waals surface area contributed by atoms with E-state index in [1.165, 1.54) is 0 Å². The zero-order valence-corrected chi connectivity index (χ0v) is 9.79. The summed E-state index contributed by atoms with van der Waals surface area (Å²) < 4.78 is 5.52. The molecule has 0 saturated heterocycles. The molecule has 0 aliphatic rings. The molecule has 2 rings (SSSR count). The first-order chi connectivity index (χ1) is 7.70. The van der Waals surface area contributed by atoms with Crippen LogP contribution in [-0.4, -0.2) is 11.5 Å². The minimum absolute atomic E-state index is 0.551. The summed E-state index contributed by atoms with van der Waals surface area (Å²) >= 11 is 5.84. The molecule has 16 heavy (non-hydrogen) atoms. The van der Waals surface area contributed by atoms with Gasteiger partial charge < -0.3 is 10.2 Å².